The first-order valence-corrected chi connectivity index (χ1v) is 10.3. The number of carbonyl (C=O) groups is 1. The van der Waals surface area contributed by atoms with Gasteiger partial charge in [-0.2, -0.15) is 0 Å². The number of piperidine rings is 1. The summed E-state index contributed by atoms with van der Waals surface area (Å²) in [5.74, 6) is -0.199. The fourth-order valence-corrected chi connectivity index (χ4v) is 4.98. The van der Waals surface area contributed by atoms with Crippen LogP contribution in [0.4, 0.5) is 0 Å². The Hall–Kier alpha value is -1.91. The molecule has 27 heavy (non-hydrogen) atoms. The molecule has 0 saturated carbocycles. The molecule has 2 aliphatic rings. The lowest BCUT2D eigenvalue weighted by atomic mass is 9.87. The van der Waals surface area contributed by atoms with E-state index in [0.717, 1.165) is 32.5 Å². The zero-order valence-electron chi connectivity index (χ0n) is 16.0. The van der Waals surface area contributed by atoms with Crippen LogP contribution in [0.1, 0.15) is 37.7 Å². The van der Waals surface area contributed by atoms with Crippen molar-refractivity contribution in [3.8, 4) is 0 Å². The zero-order chi connectivity index (χ0) is 18.6. The molecule has 2 fully saturated rings. The van der Waals surface area contributed by atoms with Gasteiger partial charge in [0.1, 0.15) is 0 Å². The second-order valence-electron chi connectivity index (χ2n) is 8.21. The Morgan fingerprint density at radius 2 is 1.81 bits per heavy atom. The van der Waals surface area contributed by atoms with Gasteiger partial charge in [0.2, 0.25) is 0 Å². The molecule has 2 aromatic rings. The van der Waals surface area contributed by atoms with Gasteiger partial charge in [-0.3, -0.25) is 9.69 Å². The molecule has 0 aliphatic carbocycles. The number of hydrogen-bond acceptors (Lipinski definition) is 3. The highest BCUT2D eigenvalue weighted by molar-refractivity contribution is 5.82. The van der Waals surface area contributed by atoms with E-state index in [0.29, 0.717) is 18.4 Å². The minimum absolute atomic E-state index is 0.290. The van der Waals surface area contributed by atoms with Crippen LogP contribution in [0.2, 0.25) is 0 Å². The Kier molecular flexibility index (Phi) is 5.74. The average Bonchev–Trinajstić information content (AvgIpc) is 3.21. The summed E-state index contributed by atoms with van der Waals surface area (Å²) >= 11 is 0. The van der Waals surface area contributed by atoms with Gasteiger partial charge in [-0.15, -0.1) is 0 Å². The van der Waals surface area contributed by atoms with Crippen LogP contribution in [0.5, 0.6) is 0 Å². The van der Waals surface area contributed by atoms with Crippen molar-refractivity contribution in [1.29, 1.82) is 0 Å². The number of fused-ring (bicyclic) bond motifs is 1. The molecular weight excluding hydrogens is 336 g/mol. The molecule has 0 bridgehead atoms. The standard InChI is InChI=1S/C23H30N2O2/c26-23(27)10-9-21-17-24(14-11-22(21)25-12-3-4-13-25)16-18-7-8-19-5-1-2-6-20(19)15-18/h1-2,5-8,15,21-22H,3-4,9-14,16-17H2,(H,26,27)/t21-,22+/m0/s1. The van der Waals surface area contributed by atoms with Gasteiger partial charge in [0.15, 0.2) is 0 Å². The second kappa shape index (κ2) is 8.41. The molecule has 1 N–H and O–H groups in total. The highest BCUT2D eigenvalue weighted by Gasteiger charge is 2.34. The summed E-state index contributed by atoms with van der Waals surface area (Å²) < 4.78 is 0. The third-order valence-electron chi connectivity index (χ3n) is 6.34. The Morgan fingerprint density at radius 1 is 1.04 bits per heavy atom. The van der Waals surface area contributed by atoms with Gasteiger partial charge in [0, 0.05) is 25.6 Å². The molecule has 0 amide bonds. The number of rotatable bonds is 6. The molecule has 2 aliphatic heterocycles. The molecule has 4 nitrogen and oxygen atoms in total. The Labute approximate surface area is 161 Å². The summed E-state index contributed by atoms with van der Waals surface area (Å²) in [6, 6.07) is 15.8. The molecule has 144 valence electrons. The van der Waals surface area contributed by atoms with Gasteiger partial charge in [-0.1, -0.05) is 36.4 Å². The van der Waals surface area contributed by atoms with E-state index in [1.807, 2.05) is 0 Å². The Morgan fingerprint density at radius 3 is 2.59 bits per heavy atom. The van der Waals surface area contributed by atoms with Gasteiger partial charge in [-0.05, 0) is 73.6 Å². The molecule has 0 spiro atoms. The maximum atomic E-state index is 11.1. The van der Waals surface area contributed by atoms with Crippen LogP contribution in [0.15, 0.2) is 42.5 Å². The van der Waals surface area contributed by atoms with E-state index in [4.69, 9.17) is 0 Å². The maximum absolute atomic E-state index is 11.1. The van der Waals surface area contributed by atoms with Crippen molar-refractivity contribution in [2.75, 3.05) is 26.2 Å². The highest BCUT2D eigenvalue weighted by Crippen LogP contribution is 2.30. The van der Waals surface area contributed by atoms with Crippen LogP contribution in [0, 0.1) is 5.92 Å². The lowest BCUT2D eigenvalue weighted by Crippen LogP contribution is -2.50. The predicted molar refractivity (Wildman–Crippen MR) is 109 cm³/mol. The lowest BCUT2D eigenvalue weighted by Gasteiger charge is -2.43. The third kappa shape index (κ3) is 4.50. The predicted octanol–water partition coefficient (Wildman–Crippen LogP) is 3.99. The Balaban J connectivity index is 1.44. The summed E-state index contributed by atoms with van der Waals surface area (Å²) in [5.41, 5.74) is 1.35. The number of nitrogens with zero attached hydrogens (tertiary/aromatic N) is 2. The minimum atomic E-state index is -0.665. The topological polar surface area (TPSA) is 43.8 Å². The monoisotopic (exact) mass is 366 g/mol. The summed E-state index contributed by atoms with van der Waals surface area (Å²) in [7, 11) is 0. The van der Waals surface area contributed by atoms with E-state index in [9.17, 15) is 9.90 Å². The van der Waals surface area contributed by atoms with Gasteiger partial charge in [0.05, 0.1) is 0 Å². The number of likely N-dealkylation sites (tertiary alicyclic amines) is 2. The molecule has 2 atom stereocenters. The van der Waals surface area contributed by atoms with Crippen LogP contribution < -0.4 is 0 Å². The summed E-state index contributed by atoms with van der Waals surface area (Å²) in [6.45, 7) is 5.47. The number of carboxylic acid groups (broad SMARTS) is 1. The first-order valence-electron chi connectivity index (χ1n) is 10.3. The summed E-state index contributed by atoms with van der Waals surface area (Å²) in [6.07, 6.45) is 4.84. The average molecular weight is 367 g/mol. The quantitative estimate of drug-likeness (QED) is 0.839. The van der Waals surface area contributed by atoms with Crippen molar-refractivity contribution >= 4 is 16.7 Å². The molecule has 0 aromatic heterocycles. The van der Waals surface area contributed by atoms with Gasteiger partial charge >= 0.3 is 5.97 Å². The fraction of sp³-hybridized carbons (Fsp3) is 0.522. The highest BCUT2D eigenvalue weighted by atomic mass is 16.4. The number of carboxylic acids is 1. The lowest BCUT2D eigenvalue weighted by molar-refractivity contribution is -0.137. The Bertz CT molecular complexity index is 785. The number of hydrogen-bond donors (Lipinski definition) is 1. The van der Waals surface area contributed by atoms with E-state index < -0.39 is 5.97 Å². The summed E-state index contributed by atoms with van der Waals surface area (Å²) in [4.78, 5) is 16.3. The van der Waals surface area contributed by atoms with Crippen molar-refractivity contribution in [3.05, 3.63) is 48.0 Å². The van der Waals surface area contributed by atoms with E-state index in [1.54, 1.807) is 0 Å². The minimum Gasteiger partial charge on any atom is -0.481 e. The SMILES string of the molecule is O=C(O)CC[C@H]1CN(Cc2ccc3ccccc3c2)CC[C@H]1N1CCCC1. The molecule has 2 aromatic carbocycles. The second-order valence-corrected chi connectivity index (χ2v) is 8.21. The summed E-state index contributed by atoms with van der Waals surface area (Å²) in [5, 5.41) is 11.8. The normalized spacial score (nSPS) is 24.4. The molecular formula is C23H30N2O2. The van der Waals surface area contributed by atoms with Crippen molar-refractivity contribution in [3.63, 3.8) is 0 Å². The van der Waals surface area contributed by atoms with Crippen molar-refractivity contribution < 1.29 is 9.90 Å². The van der Waals surface area contributed by atoms with Crippen LogP contribution in [0.3, 0.4) is 0 Å². The molecule has 4 rings (SSSR count). The maximum Gasteiger partial charge on any atom is 0.303 e. The van der Waals surface area contributed by atoms with E-state index >= 15 is 0 Å². The molecule has 0 unspecified atom stereocenters. The van der Waals surface area contributed by atoms with Crippen LogP contribution in [-0.2, 0) is 11.3 Å². The van der Waals surface area contributed by atoms with E-state index in [1.165, 1.54) is 42.3 Å². The van der Waals surface area contributed by atoms with Gasteiger partial charge in [0.25, 0.3) is 0 Å². The van der Waals surface area contributed by atoms with Gasteiger partial charge in [-0.25, -0.2) is 0 Å². The third-order valence-corrected chi connectivity index (χ3v) is 6.34. The first kappa shape index (κ1) is 18.5. The number of aliphatic carboxylic acids is 1. The fourth-order valence-electron chi connectivity index (χ4n) is 4.98. The van der Waals surface area contributed by atoms with Gasteiger partial charge < -0.3 is 10.0 Å². The smallest absolute Gasteiger partial charge is 0.303 e. The molecule has 2 heterocycles. The number of benzene rings is 2. The molecule has 2 saturated heterocycles. The van der Waals surface area contributed by atoms with Crippen LogP contribution >= 0.6 is 0 Å². The first-order chi connectivity index (χ1) is 13.2. The van der Waals surface area contributed by atoms with Crippen molar-refractivity contribution in [2.45, 2.75) is 44.7 Å². The van der Waals surface area contributed by atoms with E-state index in [-0.39, 0.29) is 0 Å². The van der Waals surface area contributed by atoms with Crippen LogP contribution in [-0.4, -0.2) is 53.1 Å². The van der Waals surface area contributed by atoms with Crippen molar-refractivity contribution in [1.82, 2.24) is 9.80 Å². The molecule has 0 radical (unpaired) electrons. The van der Waals surface area contributed by atoms with E-state index in [2.05, 4.69) is 52.3 Å². The van der Waals surface area contributed by atoms with Crippen LogP contribution in [0.25, 0.3) is 10.8 Å². The molecule has 4 heteroatoms. The largest absolute Gasteiger partial charge is 0.481 e. The van der Waals surface area contributed by atoms with Crippen molar-refractivity contribution in [2.24, 2.45) is 5.92 Å². The zero-order valence-corrected chi connectivity index (χ0v) is 16.0.